The Balaban J connectivity index is 1.81. The van der Waals surface area contributed by atoms with Crippen molar-refractivity contribution in [3.8, 4) is 0 Å². The molecular weight excluding hydrogens is 480 g/mol. The van der Waals surface area contributed by atoms with Gasteiger partial charge in [0, 0.05) is 29.3 Å². The van der Waals surface area contributed by atoms with Gasteiger partial charge >= 0.3 is 5.97 Å². The standard InChI is InChI=1S/C24H30BrClN2O3/c1-16(2)13-19-5-4-11-27(19)15-22-20(25)14-21(26)23(29)28(22)12-10-17-6-8-18(9-7-17)24(30)31-3/h6-9,14,16,19H,4-5,10-13,15H2,1-3H3/t19-/m1/s1. The Labute approximate surface area is 197 Å². The Morgan fingerprint density at radius 3 is 2.65 bits per heavy atom. The van der Waals surface area contributed by atoms with Crippen molar-refractivity contribution in [3.05, 3.63) is 67.0 Å². The van der Waals surface area contributed by atoms with Gasteiger partial charge in [0.1, 0.15) is 5.02 Å². The summed E-state index contributed by atoms with van der Waals surface area (Å²) in [5.74, 6) is 0.291. The minimum Gasteiger partial charge on any atom is -0.465 e. The molecule has 0 aliphatic carbocycles. The van der Waals surface area contributed by atoms with E-state index in [0.717, 1.165) is 28.8 Å². The minimum absolute atomic E-state index is 0.161. The van der Waals surface area contributed by atoms with Crippen molar-refractivity contribution >= 4 is 33.5 Å². The van der Waals surface area contributed by atoms with Crippen LogP contribution < -0.4 is 5.56 Å². The first kappa shape index (κ1) is 24.0. The number of pyridine rings is 1. The Bertz CT molecular complexity index is 972. The Hall–Kier alpha value is -1.63. The predicted octanol–water partition coefficient (Wildman–Crippen LogP) is 5.30. The van der Waals surface area contributed by atoms with Crippen molar-refractivity contribution < 1.29 is 9.53 Å². The molecule has 7 heteroatoms. The maximum Gasteiger partial charge on any atom is 0.337 e. The van der Waals surface area contributed by atoms with Gasteiger partial charge in [-0.3, -0.25) is 9.69 Å². The number of esters is 1. The first-order chi connectivity index (χ1) is 14.8. The van der Waals surface area contributed by atoms with Gasteiger partial charge < -0.3 is 9.30 Å². The third kappa shape index (κ3) is 5.99. The number of hydrogen-bond donors (Lipinski definition) is 0. The molecule has 1 saturated heterocycles. The van der Waals surface area contributed by atoms with Crippen molar-refractivity contribution in [2.24, 2.45) is 5.92 Å². The molecule has 0 radical (unpaired) electrons. The van der Waals surface area contributed by atoms with E-state index in [2.05, 4.69) is 34.7 Å². The van der Waals surface area contributed by atoms with E-state index >= 15 is 0 Å². The molecule has 1 aromatic heterocycles. The van der Waals surface area contributed by atoms with Gasteiger partial charge in [0.15, 0.2) is 0 Å². The molecule has 1 fully saturated rings. The molecule has 0 unspecified atom stereocenters. The number of benzene rings is 1. The molecule has 1 aromatic carbocycles. The normalized spacial score (nSPS) is 16.8. The summed E-state index contributed by atoms with van der Waals surface area (Å²) >= 11 is 9.88. The molecule has 1 atom stereocenters. The van der Waals surface area contributed by atoms with Crippen molar-refractivity contribution in [2.75, 3.05) is 13.7 Å². The molecule has 168 valence electrons. The van der Waals surface area contributed by atoms with Gasteiger partial charge in [-0.2, -0.15) is 0 Å². The number of carbonyl (C=O) groups is 1. The fourth-order valence-corrected chi connectivity index (χ4v) is 5.22. The van der Waals surface area contributed by atoms with Gasteiger partial charge in [0.25, 0.3) is 5.56 Å². The second kappa shape index (κ2) is 10.8. The maximum atomic E-state index is 12.9. The zero-order valence-electron chi connectivity index (χ0n) is 18.4. The summed E-state index contributed by atoms with van der Waals surface area (Å²) in [6.45, 7) is 6.82. The van der Waals surface area contributed by atoms with Gasteiger partial charge in [0.2, 0.25) is 0 Å². The Morgan fingerprint density at radius 2 is 2.00 bits per heavy atom. The summed E-state index contributed by atoms with van der Waals surface area (Å²) in [7, 11) is 1.37. The molecule has 5 nitrogen and oxygen atoms in total. The molecule has 2 aromatic rings. The summed E-state index contributed by atoms with van der Waals surface area (Å²) in [6.07, 6.45) is 4.23. The zero-order valence-corrected chi connectivity index (χ0v) is 20.7. The summed E-state index contributed by atoms with van der Waals surface area (Å²) in [4.78, 5) is 27.0. The van der Waals surface area contributed by atoms with Crippen molar-refractivity contribution in [2.45, 2.75) is 58.7 Å². The molecule has 1 aliphatic rings. The minimum atomic E-state index is -0.356. The number of carbonyl (C=O) groups excluding carboxylic acids is 1. The van der Waals surface area contributed by atoms with E-state index < -0.39 is 0 Å². The van der Waals surface area contributed by atoms with Crippen LogP contribution in [0, 0.1) is 5.92 Å². The summed E-state index contributed by atoms with van der Waals surface area (Å²) in [6, 6.07) is 9.57. The number of rotatable bonds is 8. The van der Waals surface area contributed by atoms with Crippen LogP contribution in [0.1, 0.15) is 54.7 Å². The zero-order chi connectivity index (χ0) is 22.5. The van der Waals surface area contributed by atoms with E-state index in [1.165, 1.54) is 26.4 Å². The molecule has 31 heavy (non-hydrogen) atoms. The monoisotopic (exact) mass is 508 g/mol. The molecule has 3 rings (SSSR count). The van der Waals surface area contributed by atoms with E-state index in [-0.39, 0.29) is 16.6 Å². The summed E-state index contributed by atoms with van der Waals surface area (Å²) in [5.41, 5.74) is 2.36. The first-order valence-corrected chi connectivity index (χ1v) is 12.0. The third-order valence-corrected chi connectivity index (χ3v) is 6.86. The SMILES string of the molecule is COC(=O)c1ccc(CCn2c(CN3CCC[C@@H]3CC(C)C)c(Br)cc(Cl)c2=O)cc1. The molecular formula is C24H30BrClN2O3. The lowest BCUT2D eigenvalue weighted by molar-refractivity contribution is 0.0600. The molecule has 0 saturated carbocycles. The number of aromatic nitrogens is 1. The van der Waals surface area contributed by atoms with Crippen LogP contribution in [0.2, 0.25) is 5.02 Å². The topological polar surface area (TPSA) is 51.5 Å². The lowest BCUT2D eigenvalue weighted by Crippen LogP contribution is -2.34. The lowest BCUT2D eigenvalue weighted by atomic mass is 10.0. The van der Waals surface area contributed by atoms with E-state index in [4.69, 9.17) is 16.3 Å². The van der Waals surface area contributed by atoms with E-state index in [0.29, 0.717) is 30.5 Å². The molecule has 0 amide bonds. The number of aryl methyl sites for hydroxylation is 1. The average Bonchev–Trinajstić information content (AvgIpc) is 3.17. The van der Waals surface area contributed by atoms with Crippen LogP contribution in [-0.2, 0) is 24.2 Å². The third-order valence-electron chi connectivity index (χ3n) is 5.90. The lowest BCUT2D eigenvalue weighted by Gasteiger charge is -2.28. The molecule has 0 N–H and O–H groups in total. The van der Waals surface area contributed by atoms with Crippen LogP contribution in [0.4, 0.5) is 0 Å². The van der Waals surface area contributed by atoms with Crippen LogP contribution in [0.5, 0.6) is 0 Å². The fourth-order valence-electron chi connectivity index (χ4n) is 4.31. The van der Waals surface area contributed by atoms with Gasteiger partial charge in [-0.1, -0.05) is 37.6 Å². The highest BCUT2D eigenvalue weighted by molar-refractivity contribution is 9.10. The maximum absolute atomic E-state index is 12.9. The van der Waals surface area contributed by atoms with Gasteiger partial charge in [-0.15, -0.1) is 0 Å². The van der Waals surface area contributed by atoms with Crippen molar-refractivity contribution in [1.29, 1.82) is 0 Å². The number of halogens is 2. The van der Waals surface area contributed by atoms with Crippen molar-refractivity contribution in [1.82, 2.24) is 9.47 Å². The first-order valence-electron chi connectivity index (χ1n) is 10.8. The van der Waals surface area contributed by atoms with Crippen LogP contribution in [0.25, 0.3) is 0 Å². The van der Waals surface area contributed by atoms with E-state index in [1.807, 2.05) is 12.1 Å². The molecule has 0 spiro atoms. The number of hydrogen-bond acceptors (Lipinski definition) is 4. The molecule has 0 bridgehead atoms. The highest BCUT2D eigenvalue weighted by atomic mass is 79.9. The highest BCUT2D eigenvalue weighted by Crippen LogP contribution is 2.28. The van der Waals surface area contributed by atoms with Crippen molar-refractivity contribution in [3.63, 3.8) is 0 Å². The van der Waals surface area contributed by atoms with Crippen LogP contribution >= 0.6 is 27.5 Å². The predicted molar refractivity (Wildman–Crippen MR) is 128 cm³/mol. The van der Waals surface area contributed by atoms with E-state index in [1.54, 1.807) is 22.8 Å². The number of likely N-dealkylation sites (tertiary alicyclic amines) is 1. The Kier molecular flexibility index (Phi) is 8.36. The number of ether oxygens (including phenoxy) is 1. The number of methoxy groups -OCH3 is 1. The second-order valence-corrected chi connectivity index (χ2v) is 9.84. The largest absolute Gasteiger partial charge is 0.465 e. The van der Waals surface area contributed by atoms with Crippen LogP contribution in [-0.4, -0.2) is 35.1 Å². The summed E-state index contributed by atoms with van der Waals surface area (Å²) < 4.78 is 7.42. The molecule has 2 heterocycles. The highest BCUT2D eigenvalue weighted by Gasteiger charge is 2.27. The smallest absolute Gasteiger partial charge is 0.337 e. The Morgan fingerprint density at radius 1 is 1.29 bits per heavy atom. The van der Waals surface area contributed by atoms with Crippen LogP contribution in [0.3, 0.4) is 0 Å². The quantitative estimate of drug-likeness (QED) is 0.453. The van der Waals surface area contributed by atoms with Gasteiger partial charge in [0.05, 0.1) is 12.7 Å². The van der Waals surface area contributed by atoms with E-state index in [9.17, 15) is 9.59 Å². The number of nitrogens with zero attached hydrogens (tertiary/aromatic N) is 2. The van der Waals surface area contributed by atoms with Crippen LogP contribution in [0.15, 0.2) is 39.6 Å². The average molecular weight is 510 g/mol. The second-order valence-electron chi connectivity index (χ2n) is 8.58. The summed E-state index contributed by atoms with van der Waals surface area (Å²) in [5, 5.41) is 0.219. The van der Waals surface area contributed by atoms with Gasteiger partial charge in [-0.25, -0.2) is 4.79 Å². The fraction of sp³-hybridized carbons (Fsp3) is 0.500. The van der Waals surface area contributed by atoms with Gasteiger partial charge in [-0.05, 0) is 77.8 Å². The molecule has 1 aliphatic heterocycles.